The highest BCUT2D eigenvalue weighted by Crippen LogP contribution is 2.55. The monoisotopic (exact) mass is 515 g/mol. The molecule has 1 saturated heterocycles. The first kappa shape index (κ1) is 25.4. The SMILES string of the molecule is CCOC(=O)c1c(N=CN(C)C)sc(P(=O)(c2ccc(C)o2)N2CCOCC2)c1-c1ccccc1. The van der Waals surface area contributed by atoms with E-state index in [9.17, 15) is 4.79 Å². The van der Waals surface area contributed by atoms with E-state index < -0.39 is 13.3 Å². The van der Waals surface area contributed by atoms with Crippen LogP contribution in [0.5, 0.6) is 0 Å². The Kier molecular flexibility index (Phi) is 7.91. The number of furan rings is 1. The highest BCUT2D eigenvalue weighted by Gasteiger charge is 2.44. The third-order valence-corrected chi connectivity index (χ3v) is 10.2. The number of benzene rings is 1. The van der Waals surface area contributed by atoms with Gasteiger partial charge in [0.1, 0.15) is 16.3 Å². The molecule has 1 aliphatic rings. The van der Waals surface area contributed by atoms with Crippen molar-refractivity contribution in [1.82, 2.24) is 9.57 Å². The molecule has 0 aliphatic carbocycles. The maximum Gasteiger partial charge on any atom is 0.341 e. The number of nitrogens with zero attached hydrogens (tertiary/aromatic N) is 3. The number of thiophene rings is 1. The molecule has 0 N–H and O–H groups in total. The fourth-order valence-electron chi connectivity index (χ4n) is 3.93. The molecule has 1 fully saturated rings. The van der Waals surface area contributed by atoms with Crippen molar-refractivity contribution in [3.8, 4) is 11.1 Å². The highest BCUT2D eigenvalue weighted by atomic mass is 32.1. The zero-order valence-corrected chi connectivity index (χ0v) is 22.1. The zero-order chi connectivity index (χ0) is 25.0. The summed E-state index contributed by atoms with van der Waals surface area (Å²) in [6, 6.07) is 13.1. The van der Waals surface area contributed by atoms with E-state index in [1.165, 1.54) is 11.3 Å². The Bertz CT molecular complexity index is 1250. The van der Waals surface area contributed by atoms with Crippen molar-refractivity contribution in [3.05, 3.63) is 53.8 Å². The minimum Gasteiger partial charge on any atom is -0.462 e. The molecule has 1 atom stereocenters. The number of carbonyl (C=O) groups is 1. The lowest BCUT2D eigenvalue weighted by molar-refractivity contribution is 0.0529. The van der Waals surface area contributed by atoms with Crippen LogP contribution < -0.4 is 10.1 Å². The molecule has 3 heterocycles. The number of carbonyl (C=O) groups excluding carboxylic acids is 1. The first-order valence-corrected chi connectivity index (χ1v) is 13.9. The van der Waals surface area contributed by atoms with Gasteiger partial charge in [-0.3, -0.25) is 4.57 Å². The van der Waals surface area contributed by atoms with Crippen LogP contribution in [0.25, 0.3) is 11.1 Å². The van der Waals surface area contributed by atoms with E-state index in [-0.39, 0.29) is 6.61 Å². The molecular formula is C25H30N3O5PS. The summed E-state index contributed by atoms with van der Waals surface area (Å²) in [5, 5.41) is 0.447. The van der Waals surface area contributed by atoms with E-state index in [1.54, 1.807) is 24.2 Å². The third kappa shape index (κ3) is 5.14. The number of morpholine rings is 1. The normalized spacial score (nSPS) is 16.3. The van der Waals surface area contributed by atoms with E-state index in [0.29, 0.717) is 58.3 Å². The van der Waals surface area contributed by atoms with Gasteiger partial charge in [-0.2, -0.15) is 0 Å². The number of aliphatic imine (C=N–C) groups is 1. The van der Waals surface area contributed by atoms with Crippen molar-refractivity contribution in [3.63, 3.8) is 0 Å². The van der Waals surface area contributed by atoms with Gasteiger partial charge in [-0.1, -0.05) is 30.3 Å². The topological polar surface area (TPSA) is 84.6 Å². The Balaban J connectivity index is 2.06. The molecule has 0 spiro atoms. The molecule has 0 saturated carbocycles. The Morgan fingerprint density at radius 3 is 2.51 bits per heavy atom. The highest BCUT2D eigenvalue weighted by molar-refractivity contribution is 7.81. The minimum absolute atomic E-state index is 0.216. The van der Waals surface area contributed by atoms with Crippen LogP contribution >= 0.6 is 18.6 Å². The molecule has 0 radical (unpaired) electrons. The first-order chi connectivity index (χ1) is 16.9. The number of rotatable bonds is 8. The summed E-state index contributed by atoms with van der Waals surface area (Å²) in [6.07, 6.45) is 1.63. The fourth-order valence-corrected chi connectivity index (χ4v) is 8.75. The molecule has 1 unspecified atom stereocenters. The molecule has 3 aromatic rings. The standard InChI is InChI=1S/C25H30N3O5PS/c1-5-32-24(29)22-21(19-9-7-6-8-10-19)25(35-23(22)26-17-27(3)4)34(30,20-12-11-18(2)33-20)28-13-15-31-16-14-28/h6-12,17H,5,13-16H2,1-4H3. The molecule has 8 nitrogen and oxygen atoms in total. The summed E-state index contributed by atoms with van der Waals surface area (Å²) < 4.78 is 34.7. The molecule has 35 heavy (non-hydrogen) atoms. The van der Waals surface area contributed by atoms with Crippen LogP contribution in [0.1, 0.15) is 23.0 Å². The number of hydrogen-bond acceptors (Lipinski definition) is 7. The lowest BCUT2D eigenvalue weighted by Crippen LogP contribution is -2.39. The number of hydrogen-bond donors (Lipinski definition) is 0. The molecule has 1 aromatic carbocycles. The fraction of sp³-hybridized carbons (Fsp3) is 0.360. The van der Waals surface area contributed by atoms with Crippen LogP contribution in [-0.2, 0) is 14.0 Å². The first-order valence-electron chi connectivity index (χ1n) is 11.5. The van der Waals surface area contributed by atoms with Gasteiger partial charge in [-0.25, -0.2) is 14.5 Å². The third-order valence-electron chi connectivity index (χ3n) is 5.51. The van der Waals surface area contributed by atoms with E-state index in [4.69, 9.17) is 13.9 Å². The minimum atomic E-state index is -3.48. The zero-order valence-electron chi connectivity index (χ0n) is 20.4. The summed E-state index contributed by atoms with van der Waals surface area (Å²) in [6.45, 7) is 5.70. The lowest BCUT2D eigenvalue weighted by atomic mass is 10.0. The van der Waals surface area contributed by atoms with Gasteiger partial charge >= 0.3 is 5.97 Å². The van der Waals surface area contributed by atoms with Crippen molar-refractivity contribution in [1.29, 1.82) is 0 Å². The van der Waals surface area contributed by atoms with Gasteiger partial charge in [0.05, 0.1) is 30.8 Å². The second-order valence-corrected chi connectivity index (χ2v) is 12.2. The second kappa shape index (κ2) is 10.9. The Morgan fingerprint density at radius 1 is 1.20 bits per heavy atom. The van der Waals surface area contributed by atoms with Crippen LogP contribution in [0.2, 0.25) is 0 Å². The maximum atomic E-state index is 15.2. The van der Waals surface area contributed by atoms with Gasteiger partial charge in [-0.05, 0) is 31.5 Å². The largest absolute Gasteiger partial charge is 0.462 e. The average molecular weight is 516 g/mol. The van der Waals surface area contributed by atoms with Crippen LogP contribution in [0.4, 0.5) is 5.00 Å². The molecule has 0 amide bonds. The summed E-state index contributed by atoms with van der Waals surface area (Å²) >= 11 is 1.25. The van der Waals surface area contributed by atoms with E-state index in [2.05, 4.69) is 4.99 Å². The molecule has 186 valence electrons. The van der Waals surface area contributed by atoms with Crippen LogP contribution in [-0.4, -0.2) is 68.9 Å². The van der Waals surface area contributed by atoms with E-state index >= 15 is 4.57 Å². The second-order valence-electron chi connectivity index (χ2n) is 8.28. The molecular weight excluding hydrogens is 485 g/mol. The molecule has 1 aliphatic heterocycles. The number of esters is 1. The molecule has 0 bridgehead atoms. The molecule has 4 rings (SSSR count). The van der Waals surface area contributed by atoms with E-state index in [0.717, 1.165) is 5.56 Å². The maximum absolute atomic E-state index is 15.2. The van der Waals surface area contributed by atoms with Crippen molar-refractivity contribution in [2.45, 2.75) is 13.8 Å². The predicted molar refractivity (Wildman–Crippen MR) is 140 cm³/mol. The average Bonchev–Trinajstić information content (AvgIpc) is 3.48. The summed E-state index contributed by atoms with van der Waals surface area (Å²) in [5.41, 5.74) is 2.04. The smallest absolute Gasteiger partial charge is 0.341 e. The predicted octanol–water partition coefficient (Wildman–Crippen LogP) is 4.28. The van der Waals surface area contributed by atoms with E-state index in [1.807, 2.05) is 62.1 Å². The van der Waals surface area contributed by atoms with Crippen LogP contribution in [0.15, 0.2) is 51.9 Å². The van der Waals surface area contributed by atoms with Gasteiger partial charge < -0.3 is 18.8 Å². The van der Waals surface area contributed by atoms with Crippen LogP contribution in [0.3, 0.4) is 0 Å². The Morgan fingerprint density at radius 2 is 1.91 bits per heavy atom. The Hall–Kier alpha value is -2.71. The van der Waals surface area contributed by atoms with Gasteiger partial charge in [-0.15, -0.1) is 11.3 Å². The molecule has 2 aromatic heterocycles. The number of ether oxygens (including phenoxy) is 2. The van der Waals surface area contributed by atoms with Crippen molar-refractivity contribution >= 4 is 46.1 Å². The van der Waals surface area contributed by atoms with Gasteiger partial charge in [0.25, 0.3) is 7.29 Å². The quantitative estimate of drug-likeness (QED) is 0.192. The van der Waals surface area contributed by atoms with Gasteiger partial charge in [0, 0.05) is 32.7 Å². The lowest BCUT2D eigenvalue weighted by Gasteiger charge is -2.33. The summed E-state index contributed by atoms with van der Waals surface area (Å²) in [5.74, 6) is 0.173. The Labute approximate surface area is 209 Å². The summed E-state index contributed by atoms with van der Waals surface area (Å²) in [4.78, 5) is 19.7. The van der Waals surface area contributed by atoms with Crippen LogP contribution in [0, 0.1) is 6.92 Å². The van der Waals surface area contributed by atoms with Crippen molar-refractivity contribution in [2.24, 2.45) is 4.99 Å². The van der Waals surface area contributed by atoms with Crippen molar-refractivity contribution < 1.29 is 23.3 Å². The molecule has 10 heteroatoms. The summed E-state index contributed by atoms with van der Waals surface area (Å²) in [7, 11) is 0.219. The van der Waals surface area contributed by atoms with Crippen molar-refractivity contribution in [2.75, 3.05) is 47.0 Å². The van der Waals surface area contributed by atoms with Gasteiger partial charge in [0.2, 0.25) is 0 Å². The number of aryl methyl sites for hydroxylation is 1. The van der Waals surface area contributed by atoms with Gasteiger partial charge in [0.15, 0.2) is 5.50 Å².